The first-order chi connectivity index (χ1) is 18.8. The predicted octanol–water partition coefficient (Wildman–Crippen LogP) is 5.03. The fourth-order valence-electron chi connectivity index (χ4n) is 4.74. The number of rotatable bonds is 5. The molecule has 0 amide bonds. The summed E-state index contributed by atoms with van der Waals surface area (Å²) in [5.74, 6) is -2.51. The van der Waals surface area contributed by atoms with E-state index in [4.69, 9.17) is 24.5 Å². The number of aromatic nitrogens is 4. The van der Waals surface area contributed by atoms with Crippen LogP contribution >= 0.6 is 0 Å². The Morgan fingerprint density at radius 2 is 1.82 bits per heavy atom. The molecule has 0 saturated heterocycles. The predicted molar refractivity (Wildman–Crippen MR) is 139 cm³/mol. The van der Waals surface area contributed by atoms with Crippen LogP contribution in [-0.4, -0.2) is 66.2 Å². The van der Waals surface area contributed by atoms with Crippen LogP contribution in [0.5, 0.6) is 0 Å². The number of aliphatic carboxylic acids is 2. The van der Waals surface area contributed by atoms with Crippen LogP contribution in [0.25, 0.3) is 33.7 Å². The third-order valence-electron chi connectivity index (χ3n) is 6.66. The molecule has 0 spiro atoms. The van der Waals surface area contributed by atoms with Crippen molar-refractivity contribution in [3.63, 3.8) is 0 Å². The third-order valence-corrected chi connectivity index (χ3v) is 6.66. The molecule has 0 aliphatic carbocycles. The number of hydrogen-bond donors (Lipinski definition) is 2. The van der Waals surface area contributed by atoms with Crippen LogP contribution in [0.1, 0.15) is 42.3 Å². The second-order valence-corrected chi connectivity index (χ2v) is 9.81. The quantitative estimate of drug-likeness (QED) is 0.345. The van der Waals surface area contributed by atoms with E-state index < -0.39 is 18.1 Å². The molecule has 2 aromatic carbocycles. The Labute approximate surface area is 227 Å². The summed E-state index contributed by atoms with van der Waals surface area (Å²) in [6.07, 6.45) is -4.28. The molecule has 1 aliphatic heterocycles. The normalized spacial score (nSPS) is 13.7. The SMILES string of the molecule is Cc1c(-c2noc(-c3ccc4c(c3)c(C)nn4C(C)C)n2)ccc2c1CCN(CC(=O)O)C2.O=C(O)C(F)(F)F. The number of carbonyl (C=O) groups is 2. The average Bonchev–Trinajstić information content (AvgIpc) is 3.49. The van der Waals surface area contributed by atoms with Gasteiger partial charge in [0, 0.05) is 35.6 Å². The number of hydrogen-bond acceptors (Lipinski definition) is 7. The van der Waals surface area contributed by atoms with E-state index >= 15 is 0 Å². The summed E-state index contributed by atoms with van der Waals surface area (Å²) in [4.78, 5) is 26.6. The highest BCUT2D eigenvalue weighted by atomic mass is 19.4. The first-order valence-corrected chi connectivity index (χ1v) is 12.4. The number of aryl methyl sites for hydroxylation is 1. The molecule has 2 aromatic heterocycles. The molecule has 5 rings (SSSR count). The van der Waals surface area contributed by atoms with Gasteiger partial charge in [0.15, 0.2) is 0 Å². The Kier molecular flexibility index (Phi) is 7.96. The summed E-state index contributed by atoms with van der Waals surface area (Å²) >= 11 is 0. The third kappa shape index (κ3) is 5.98. The van der Waals surface area contributed by atoms with Crippen molar-refractivity contribution in [2.75, 3.05) is 13.1 Å². The Morgan fingerprint density at radius 3 is 2.45 bits per heavy atom. The van der Waals surface area contributed by atoms with Crippen molar-refractivity contribution < 1.29 is 37.5 Å². The maximum atomic E-state index is 11.1. The van der Waals surface area contributed by atoms with E-state index in [-0.39, 0.29) is 12.6 Å². The number of nitrogens with zero attached hydrogens (tertiary/aromatic N) is 5. The molecule has 4 aromatic rings. The summed E-state index contributed by atoms with van der Waals surface area (Å²) in [5.41, 5.74) is 7.41. The maximum Gasteiger partial charge on any atom is 0.490 e. The van der Waals surface area contributed by atoms with Gasteiger partial charge in [0.25, 0.3) is 5.89 Å². The Balaban J connectivity index is 0.000000470. The summed E-state index contributed by atoms with van der Waals surface area (Å²) in [6, 6.07) is 10.5. The molecule has 212 valence electrons. The van der Waals surface area contributed by atoms with E-state index in [1.54, 1.807) is 0 Å². The van der Waals surface area contributed by atoms with Gasteiger partial charge < -0.3 is 14.7 Å². The molecule has 2 N–H and O–H groups in total. The smallest absolute Gasteiger partial charge is 0.480 e. The molecule has 13 heteroatoms. The monoisotopic (exact) mass is 559 g/mol. The van der Waals surface area contributed by atoms with E-state index in [9.17, 15) is 18.0 Å². The van der Waals surface area contributed by atoms with Gasteiger partial charge in [0.1, 0.15) is 0 Å². The molecular weight excluding hydrogens is 531 g/mol. The fraction of sp³-hybridized carbons (Fsp3) is 0.370. The van der Waals surface area contributed by atoms with Crippen LogP contribution in [0, 0.1) is 13.8 Å². The number of fused-ring (bicyclic) bond motifs is 2. The lowest BCUT2D eigenvalue weighted by molar-refractivity contribution is -0.192. The minimum absolute atomic E-state index is 0.0638. The van der Waals surface area contributed by atoms with E-state index in [0.717, 1.165) is 51.8 Å². The molecule has 40 heavy (non-hydrogen) atoms. The standard InChI is InChI=1S/C25H27N5O3.C2HF3O2/c1-14(2)30-22-8-6-17(11-21(22)16(4)27-30)25-26-24(28-33-25)20-7-5-18-12-29(13-23(31)32)10-9-19(18)15(20)3;3-2(4,5)1(6)7/h5-8,11,14H,9-10,12-13H2,1-4H3,(H,31,32);(H,6,7). The second-order valence-electron chi connectivity index (χ2n) is 9.81. The second kappa shape index (κ2) is 11.1. The van der Waals surface area contributed by atoms with Crippen molar-refractivity contribution >= 4 is 22.8 Å². The van der Waals surface area contributed by atoms with Crippen molar-refractivity contribution in [2.24, 2.45) is 0 Å². The molecule has 0 atom stereocenters. The van der Waals surface area contributed by atoms with E-state index in [1.807, 2.05) is 28.6 Å². The number of alkyl halides is 3. The molecule has 0 saturated carbocycles. The van der Waals surface area contributed by atoms with E-state index in [0.29, 0.717) is 18.3 Å². The summed E-state index contributed by atoms with van der Waals surface area (Å²) in [5, 5.41) is 26.2. The molecular formula is C27H28F3N5O5. The topological polar surface area (TPSA) is 135 Å². The minimum atomic E-state index is -5.08. The summed E-state index contributed by atoms with van der Waals surface area (Å²) < 4.78 is 39.4. The lowest BCUT2D eigenvalue weighted by Crippen LogP contribution is -2.35. The van der Waals surface area contributed by atoms with Gasteiger partial charge in [-0.3, -0.25) is 14.4 Å². The Hall–Kier alpha value is -4.26. The van der Waals surface area contributed by atoms with Crippen LogP contribution < -0.4 is 0 Å². The van der Waals surface area contributed by atoms with Crippen LogP contribution in [-0.2, 0) is 22.6 Å². The molecule has 0 radical (unpaired) electrons. The first kappa shape index (κ1) is 28.7. The van der Waals surface area contributed by atoms with Gasteiger partial charge in [-0.1, -0.05) is 17.3 Å². The van der Waals surface area contributed by atoms with Crippen molar-refractivity contribution in [1.82, 2.24) is 24.8 Å². The van der Waals surface area contributed by atoms with Gasteiger partial charge in [-0.25, -0.2) is 4.79 Å². The van der Waals surface area contributed by atoms with Crippen molar-refractivity contribution in [1.29, 1.82) is 0 Å². The number of benzene rings is 2. The largest absolute Gasteiger partial charge is 0.490 e. The number of carboxylic acid groups (broad SMARTS) is 2. The van der Waals surface area contributed by atoms with Crippen molar-refractivity contribution in [3.05, 3.63) is 52.7 Å². The summed E-state index contributed by atoms with van der Waals surface area (Å²) in [7, 11) is 0. The molecule has 0 bridgehead atoms. The first-order valence-electron chi connectivity index (χ1n) is 12.4. The van der Waals surface area contributed by atoms with E-state index in [2.05, 4.69) is 49.2 Å². The van der Waals surface area contributed by atoms with Gasteiger partial charge in [0.2, 0.25) is 5.82 Å². The summed E-state index contributed by atoms with van der Waals surface area (Å²) in [6.45, 7) is 9.76. The van der Waals surface area contributed by atoms with Crippen molar-refractivity contribution in [3.8, 4) is 22.8 Å². The zero-order valence-electron chi connectivity index (χ0n) is 22.3. The lowest BCUT2D eigenvalue weighted by atomic mass is 9.91. The van der Waals surface area contributed by atoms with Gasteiger partial charge in [-0.15, -0.1) is 0 Å². The van der Waals surface area contributed by atoms with E-state index in [1.165, 1.54) is 5.56 Å². The Morgan fingerprint density at radius 1 is 1.12 bits per heavy atom. The van der Waals surface area contributed by atoms with Gasteiger partial charge >= 0.3 is 18.1 Å². The van der Waals surface area contributed by atoms with Crippen LogP contribution in [0.15, 0.2) is 34.9 Å². The zero-order valence-corrected chi connectivity index (χ0v) is 22.3. The minimum Gasteiger partial charge on any atom is -0.480 e. The van der Waals surface area contributed by atoms with Gasteiger partial charge in [-0.05, 0) is 69.0 Å². The van der Waals surface area contributed by atoms with Crippen molar-refractivity contribution in [2.45, 2.75) is 52.9 Å². The fourth-order valence-corrected chi connectivity index (χ4v) is 4.74. The van der Waals surface area contributed by atoms with Crippen LogP contribution in [0.3, 0.4) is 0 Å². The van der Waals surface area contributed by atoms with Crippen LogP contribution in [0.4, 0.5) is 13.2 Å². The average molecular weight is 560 g/mol. The highest BCUT2D eigenvalue weighted by Crippen LogP contribution is 2.32. The van der Waals surface area contributed by atoms with Gasteiger partial charge in [-0.2, -0.15) is 23.3 Å². The van der Waals surface area contributed by atoms with Gasteiger partial charge in [0.05, 0.1) is 17.8 Å². The molecule has 0 unspecified atom stereocenters. The molecule has 0 fully saturated rings. The highest BCUT2D eigenvalue weighted by Gasteiger charge is 2.38. The highest BCUT2D eigenvalue weighted by molar-refractivity contribution is 5.86. The zero-order chi connectivity index (χ0) is 29.4. The molecule has 10 nitrogen and oxygen atoms in total. The molecule has 1 aliphatic rings. The Bertz CT molecular complexity index is 1570. The van der Waals surface area contributed by atoms with Crippen LogP contribution in [0.2, 0.25) is 0 Å². The number of carboxylic acids is 2. The maximum absolute atomic E-state index is 11.1. The lowest BCUT2D eigenvalue weighted by Gasteiger charge is -2.28. The number of halogens is 3. The molecule has 3 heterocycles.